The van der Waals surface area contributed by atoms with Gasteiger partial charge in [0.05, 0.1) is 16.1 Å². The van der Waals surface area contributed by atoms with Crippen molar-refractivity contribution in [2.45, 2.75) is 51.7 Å². The van der Waals surface area contributed by atoms with Gasteiger partial charge in [-0.25, -0.2) is 0 Å². The van der Waals surface area contributed by atoms with E-state index < -0.39 is 6.04 Å². The third-order valence-corrected chi connectivity index (χ3v) is 4.89. The van der Waals surface area contributed by atoms with Gasteiger partial charge in [0, 0.05) is 12.6 Å². The topological polar surface area (TPSA) is 46.3 Å². The lowest BCUT2D eigenvalue weighted by molar-refractivity contribution is -0.135. The van der Waals surface area contributed by atoms with Gasteiger partial charge in [0.25, 0.3) is 0 Å². The van der Waals surface area contributed by atoms with E-state index in [0.29, 0.717) is 22.6 Å². The molecule has 0 bridgehead atoms. The Morgan fingerprint density at radius 3 is 2.57 bits per heavy atom. The number of carbonyl (C=O) groups excluding carboxylic acids is 1. The molecule has 1 aromatic rings. The fourth-order valence-corrected chi connectivity index (χ4v) is 2.62. The largest absolute Gasteiger partial charge is 0.334 e. The van der Waals surface area contributed by atoms with Gasteiger partial charge in [-0.05, 0) is 36.5 Å². The minimum Gasteiger partial charge on any atom is -0.334 e. The van der Waals surface area contributed by atoms with Crippen molar-refractivity contribution in [2.24, 2.45) is 11.7 Å². The van der Waals surface area contributed by atoms with Crippen molar-refractivity contribution < 1.29 is 4.79 Å². The molecule has 2 rings (SSSR count). The Hall–Kier alpha value is -0.770. The highest BCUT2D eigenvalue weighted by Crippen LogP contribution is 2.31. The Morgan fingerprint density at radius 2 is 2.05 bits per heavy atom. The number of carbonyl (C=O) groups is 1. The highest BCUT2D eigenvalue weighted by atomic mass is 35.5. The zero-order valence-corrected chi connectivity index (χ0v) is 14.0. The third-order valence-electron chi connectivity index (χ3n) is 4.15. The second-order valence-electron chi connectivity index (χ2n) is 5.86. The zero-order chi connectivity index (χ0) is 15.6. The van der Waals surface area contributed by atoms with Gasteiger partial charge in [-0.1, -0.05) is 49.5 Å². The molecule has 0 aliphatic heterocycles. The Balaban J connectivity index is 2.12. The molecule has 2 atom stereocenters. The standard InChI is InChI=1S/C16H22Cl2N2O/c1-3-10(2)15(19)16(21)20(12-5-6-12)9-11-4-7-13(17)14(18)8-11/h4,7-8,10,12,15H,3,5-6,9,19H2,1-2H3. The molecular formula is C16H22Cl2N2O. The summed E-state index contributed by atoms with van der Waals surface area (Å²) in [7, 11) is 0. The Bertz CT molecular complexity index is 517. The minimum absolute atomic E-state index is 0.0397. The SMILES string of the molecule is CCC(C)C(N)C(=O)N(Cc1ccc(Cl)c(Cl)c1)C1CC1. The van der Waals surface area contributed by atoms with Crippen molar-refractivity contribution in [2.75, 3.05) is 0 Å². The predicted molar refractivity (Wildman–Crippen MR) is 87.5 cm³/mol. The summed E-state index contributed by atoms with van der Waals surface area (Å²) in [6.07, 6.45) is 3.01. The van der Waals surface area contributed by atoms with Crippen molar-refractivity contribution in [3.8, 4) is 0 Å². The maximum absolute atomic E-state index is 12.6. The van der Waals surface area contributed by atoms with Gasteiger partial charge in [-0.2, -0.15) is 0 Å². The third kappa shape index (κ3) is 4.12. The monoisotopic (exact) mass is 328 g/mol. The van der Waals surface area contributed by atoms with Crippen molar-refractivity contribution in [1.82, 2.24) is 4.90 Å². The molecule has 3 nitrogen and oxygen atoms in total. The Labute approximate surface area is 136 Å². The van der Waals surface area contributed by atoms with Crippen LogP contribution in [0.5, 0.6) is 0 Å². The molecule has 1 saturated carbocycles. The smallest absolute Gasteiger partial charge is 0.240 e. The van der Waals surface area contributed by atoms with Crippen LogP contribution in [0.15, 0.2) is 18.2 Å². The quantitative estimate of drug-likeness (QED) is 0.861. The second kappa shape index (κ2) is 6.99. The first-order chi connectivity index (χ1) is 9.93. The van der Waals surface area contributed by atoms with Gasteiger partial charge in [-0.15, -0.1) is 0 Å². The van der Waals surface area contributed by atoms with Crippen molar-refractivity contribution >= 4 is 29.1 Å². The molecule has 1 aliphatic rings. The summed E-state index contributed by atoms with van der Waals surface area (Å²) < 4.78 is 0. The number of nitrogens with two attached hydrogens (primary N) is 1. The van der Waals surface area contributed by atoms with Crippen LogP contribution in [0.2, 0.25) is 10.0 Å². The fraction of sp³-hybridized carbons (Fsp3) is 0.562. The molecule has 21 heavy (non-hydrogen) atoms. The van der Waals surface area contributed by atoms with E-state index in [9.17, 15) is 4.79 Å². The first-order valence-corrected chi connectivity index (χ1v) is 8.19. The summed E-state index contributed by atoms with van der Waals surface area (Å²) in [6, 6.07) is 5.39. The van der Waals surface area contributed by atoms with Gasteiger partial charge in [0.2, 0.25) is 5.91 Å². The van der Waals surface area contributed by atoms with Gasteiger partial charge >= 0.3 is 0 Å². The van der Waals surface area contributed by atoms with E-state index in [1.807, 2.05) is 24.0 Å². The first kappa shape index (κ1) is 16.6. The van der Waals surface area contributed by atoms with Crippen molar-refractivity contribution in [1.29, 1.82) is 0 Å². The molecule has 5 heteroatoms. The summed E-state index contributed by atoms with van der Waals surface area (Å²) in [5, 5.41) is 1.05. The van der Waals surface area contributed by atoms with Gasteiger partial charge in [0.1, 0.15) is 0 Å². The summed E-state index contributed by atoms with van der Waals surface area (Å²) in [5.41, 5.74) is 7.09. The maximum atomic E-state index is 12.6. The van der Waals surface area contributed by atoms with E-state index in [-0.39, 0.29) is 11.8 Å². The lowest BCUT2D eigenvalue weighted by atomic mass is 9.98. The van der Waals surface area contributed by atoms with Gasteiger partial charge < -0.3 is 10.6 Å². The van der Waals surface area contributed by atoms with E-state index in [1.165, 1.54) is 0 Å². The number of hydrogen-bond acceptors (Lipinski definition) is 2. The summed E-state index contributed by atoms with van der Waals surface area (Å²) >= 11 is 12.0. The van der Waals surface area contributed by atoms with E-state index >= 15 is 0 Å². The number of benzene rings is 1. The van der Waals surface area contributed by atoms with Crippen LogP contribution in [-0.4, -0.2) is 22.9 Å². The molecule has 1 fully saturated rings. The number of rotatable bonds is 6. The number of amides is 1. The van der Waals surface area contributed by atoms with E-state index in [0.717, 1.165) is 24.8 Å². The average Bonchev–Trinajstić information content (AvgIpc) is 3.30. The van der Waals surface area contributed by atoms with Crippen LogP contribution >= 0.6 is 23.2 Å². The van der Waals surface area contributed by atoms with E-state index in [1.54, 1.807) is 6.07 Å². The van der Waals surface area contributed by atoms with Gasteiger partial charge in [0.15, 0.2) is 0 Å². The molecule has 116 valence electrons. The first-order valence-electron chi connectivity index (χ1n) is 7.44. The molecule has 1 aromatic carbocycles. The molecule has 0 saturated heterocycles. The second-order valence-corrected chi connectivity index (χ2v) is 6.67. The van der Waals surface area contributed by atoms with Crippen LogP contribution in [-0.2, 0) is 11.3 Å². The van der Waals surface area contributed by atoms with Gasteiger partial charge in [-0.3, -0.25) is 4.79 Å². The summed E-state index contributed by atoms with van der Waals surface area (Å²) in [5.74, 6) is 0.227. The highest BCUT2D eigenvalue weighted by Gasteiger charge is 2.35. The Kier molecular flexibility index (Phi) is 5.53. The molecule has 0 radical (unpaired) electrons. The molecule has 1 amide bonds. The summed E-state index contributed by atoms with van der Waals surface area (Å²) in [6.45, 7) is 4.62. The molecule has 1 aliphatic carbocycles. The van der Waals surface area contributed by atoms with E-state index in [4.69, 9.17) is 28.9 Å². The Morgan fingerprint density at radius 1 is 1.38 bits per heavy atom. The number of hydrogen-bond donors (Lipinski definition) is 1. The van der Waals surface area contributed by atoms with Crippen LogP contribution in [0.25, 0.3) is 0 Å². The number of halogens is 2. The zero-order valence-electron chi connectivity index (χ0n) is 12.5. The predicted octanol–water partition coefficient (Wildman–Crippen LogP) is 3.86. The van der Waals surface area contributed by atoms with E-state index in [2.05, 4.69) is 6.92 Å². The fourth-order valence-electron chi connectivity index (χ4n) is 2.30. The van der Waals surface area contributed by atoms with Crippen molar-refractivity contribution in [3.05, 3.63) is 33.8 Å². The van der Waals surface area contributed by atoms with Crippen LogP contribution in [0.1, 0.15) is 38.7 Å². The normalized spacial score (nSPS) is 17.4. The lowest BCUT2D eigenvalue weighted by Gasteiger charge is -2.28. The van der Waals surface area contributed by atoms with Crippen LogP contribution < -0.4 is 5.73 Å². The molecular weight excluding hydrogens is 307 g/mol. The van der Waals surface area contributed by atoms with Crippen molar-refractivity contribution in [3.63, 3.8) is 0 Å². The lowest BCUT2D eigenvalue weighted by Crippen LogP contribution is -2.47. The average molecular weight is 329 g/mol. The molecule has 0 aromatic heterocycles. The molecule has 0 spiro atoms. The number of nitrogens with zero attached hydrogens (tertiary/aromatic N) is 1. The molecule has 2 N–H and O–H groups in total. The minimum atomic E-state index is -0.432. The molecule has 2 unspecified atom stereocenters. The highest BCUT2D eigenvalue weighted by molar-refractivity contribution is 6.42. The van der Waals surface area contributed by atoms with Crippen LogP contribution in [0, 0.1) is 5.92 Å². The van der Waals surface area contributed by atoms with Crippen LogP contribution in [0.4, 0.5) is 0 Å². The summed E-state index contributed by atoms with van der Waals surface area (Å²) in [4.78, 5) is 14.5. The van der Waals surface area contributed by atoms with Crippen LogP contribution in [0.3, 0.4) is 0 Å². The maximum Gasteiger partial charge on any atom is 0.240 e. The molecule has 0 heterocycles.